The molecule has 0 amide bonds. The molecule has 1 N–H and O–H groups in total. The average molecular weight is 245 g/mol. The Kier molecular flexibility index (Phi) is 2.74. The summed E-state index contributed by atoms with van der Waals surface area (Å²) in [5, 5.41) is 11.3. The van der Waals surface area contributed by atoms with Gasteiger partial charge in [0, 0.05) is 17.8 Å². The normalized spacial score (nSPS) is 34.3. The highest BCUT2D eigenvalue weighted by molar-refractivity contribution is 5.32. The molecule has 1 saturated carbocycles. The Balaban J connectivity index is 2.00. The lowest BCUT2D eigenvalue weighted by Gasteiger charge is -2.50. The number of fused-ring (bicyclic) bond motifs is 1. The molecule has 1 heterocycles. The molecule has 1 aromatic heterocycles. The molecule has 2 unspecified atom stereocenters. The molecule has 0 spiro atoms. The first-order valence-corrected chi connectivity index (χ1v) is 7.21. The molecule has 2 nitrogen and oxygen atoms in total. The summed E-state index contributed by atoms with van der Waals surface area (Å²) in [6, 6.07) is 4.18. The summed E-state index contributed by atoms with van der Waals surface area (Å²) >= 11 is 0. The maximum atomic E-state index is 11.3. The molecule has 98 valence electrons. The highest BCUT2D eigenvalue weighted by atomic mass is 16.3. The maximum Gasteiger partial charge on any atom is 0.0781 e. The van der Waals surface area contributed by atoms with Crippen molar-refractivity contribution < 1.29 is 5.11 Å². The van der Waals surface area contributed by atoms with Gasteiger partial charge in [-0.15, -0.1) is 0 Å². The highest BCUT2D eigenvalue weighted by Gasteiger charge is 2.52. The number of hydrogen-bond donors (Lipinski definition) is 1. The third-order valence-electron chi connectivity index (χ3n) is 5.32. The van der Waals surface area contributed by atoms with Gasteiger partial charge in [0.1, 0.15) is 0 Å². The van der Waals surface area contributed by atoms with Gasteiger partial charge >= 0.3 is 0 Å². The van der Waals surface area contributed by atoms with E-state index in [-0.39, 0.29) is 11.3 Å². The molecule has 0 bridgehead atoms. The molecule has 2 aliphatic rings. The third kappa shape index (κ3) is 1.62. The van der Waals surface area contributed by atoms with Crippen molar-refractivity contribution in [2.45, 2.75) is 63.9 Å². The predicted molar refractivity (Wildman–Crippen MR) is 72.5 cm³/mol. The fraction of sp³-hybridized carbons (Fsp3) is 0.688. The van der Waals surface area contributed by atoms with E-state index in [1.54, 1.807) is 0 Å². The van der Waals surface area contributed by atoms with Gasteiger partial charge in [0.05, 0.1) is 5.60 Å². The van der Waals surface area contributed by atoms with Gasteiger partial charge in [-0.3, -0.25) is 4.98 Å². The zero-order chi connectivity index (χ0) is 12.8. The van der Waals surface area contributed by atoms with E-state index >= 15 is 0 Å². The van der Waals surface area contributed by atoms with E-state index in [0.29, 0.717) is 0 Å². The molecule has 1 fully saturated rings. The van der Waals surface area contributed by atoms with E-state index in [1.165, 1.54) is 12.0 Å². The molecule has 2 aliphatic carbocycles. The second-order valence-corrected chi connectivity index (χ2v) is 6.65. The zero-order valence-electron chi connectivity index (χ0n) is 11.4. The first-order valence-electron chi connectivity index (χ1n) is 7.21. The average Bonchev–Trinajstić information content (AvgIpc) is 2.77. The van der Waals surface area contributed by atoms with E-state index in [2.05, 4.69) is 24.9 Å². The second kappa shape index (κ2) is 4.06. The molecular formula is C16H23NO. The second-order valence-electron chi connectivity index (χ2n) is 6.65. The van der Waals surface area contributed by atoms with Gasteiger partial charge in [-0.25, -0.2) is 0 Å². The smallest absolute Gasteiger partial charge is 0.0781 e. The molecule has 0 aromatic carbocycles. The number of aryl methyl sites for hydroxylation is 1. The topological polar surface area (TPSA) is 33.1 Å². The van der Waals surface area contributed by atoms with Crippen LogP contribution < -0.4 is 0 Å². The Labute approximate surface area is 109 Å². The van der Waals surface area contributed by atoms with Gasteiger partial charge in [0.2, 0.25) is 0 Å². The minimum Gasteiger partial charge on any atom is -0.389 e. The SMILES string of the molecule is CC1(C)CCCCC1(O)C1CCc2cccnc21. The van der Waals surface area contributed by atoms with E-state index in [9.17, 15) is 5.11 Å². The molecule has 0 saturated heterocycles. The Morgan fingerprint density at radius 1 is 1.28 bits per heavy atom. The summed E-state index contributed by atoms with van der Waals surface area (Å²) in [4.78, 5) is 4.57. The fourth-order valence-corrected chi connectivity index (χ4v) is 4.04. The van der Waals surface area contributed by atoms with E-state index in [1.807, 2.05) is 12.3 Å². The quantitative estimate of drug-likeness (QED) is 0.822. The van der Waals surface area contributed by atoms with Gasteiger partial charge in [0.25, 0.3) is 0 Å². The van der Waals surface area contributed by atoms with Crippen molar-refractivity contribution in [3.63, 3.8) is 0 Å². The van der Waals surface area contributed by atoms with Crippen molar-refractivity contribution in [1.82, 2.24) is 4.98 Å². The highest BCUT2D eigenvalue weighted by Crippen LogP contribution is 2.54. The van der Waals surface area contributed by atoms with Gasteiger partial charge < -0.3 is 5.11 Å². The lowest BCUT2D eigenvalue weighted by molar-refractivity contribution is -0.116. The Hall–Kier alpha value is -0.890. The molecule has 2 heteroatoms. The molecule has 1 aromatic rings. The third-order valence-corrected chi connectivity index (χ3v) is 5.32. The maximum absolute atomic E-state index is 11.3. The summed E-state index contributed by atoms with van der Waals surface area (Å²) in [6.45, 7) is 4.46. The molecule has 0 radical (unpaired) electrons. The summed E-state index contributed by atoms with van der Waals surface area (Å²) in [6.07, 6.45) is 8.47. The molecular weight excluding hydrogens is 222 g/mol. The van der Waals surface area contributed by atoms with Crippen LogP contribution in [0.1, 0.15) is 63.1 Å². The predicted octanol–water partition coefficient (Wildman–Crippen LogP) is 3.44. The van der Waals surface area contributed by atoms with Gasteiger partial charge in [-0.05, 0) is 42.7 Å². The van der Waals surface area contributed by atoms with E-state index < -0.39 is 5.60 Å². The van der Waals surface area contributed by atoms with Crippen LogP contribution in [-0.2, 0) is 6.42 Å². The first-order chi connectivity index (χ1) is 8.55. The molecule has 0 aliphatic heterocycles. The van der Waals surface area contributed by atoms with Crippen molar-refractivity contribution in [2.24, 2.45) is 5.41 Å². The monoisotopic (exact) mass is 245 g/mol. The first kappa shape index (κ1) is 12.2. The summed E-state index contributed by atoms with van der Waals surface area (Å²) in [5.74, 6) is 0.240. The van der Waals surface area contributed by atoms with Crippen LogP contribution in [0.5, 0.6) is 0 Å². The number of hydrogen-bond acceptors (Lipinski definition) is 2. The van der Waals surface area contributed by atoms with Crippen LogP contribution in [0.2, 0.25) is 0 Å². The van der Waals surface area contributed by atoms with Crippen LogP contribution in [0.15, 0.2) is 18.3 Å². The standard InChI is InChI=1S/C16H23NO/c1-15(2)9-3-4-10-16(15,18)13-8-7-12-6-5-11-17-14(12)13/h5-6,11,13,18H,3-4,7-10H2,1-2H3. The van der Waals surface area contributed by atoms with Crippen LogP contribution in [0, 0.1) is 5.41 Å². The summed E-state index contributed by atoms with van der Waals surface area (Å²) < 4.78 is 0. The molecule has 2 atom stereocenters. The number of aliphatic hydroxyl groups is 1. The largest absolute Gasteiger partial charge is 0.389 e. The van der Waals surface area contributed by atoms with Crippen molar-refractivity contribution in [1.29, 1.82) is 0 Å². The van der Waals surface area contributed by atoms with E-state index in [0.717, 1.165) is 37.8 Å². The Morgan fingerprint density at radius 2 is 2.06 bits per heavy atom. The number of nitrogens with zero attached hydrogens (tertiary/aromatic N) is 1. The minimum atomic E-state index is -0.565. The Bertz CT molecular complexity index is 454. The zero-order valence-corrected chi connectivity index (χ0v) is 11.4. The van der Waals surface area contributed by atoms with Crippen LogP contribution in [0.3, 0.4) is 0 Å². The number of pyridine rings is 1. The van der Waals surface area contributed by atoms with Crippen molar-refractivity contribution in [3.8, 4) is 0 Å². The van der Waals surface area contributed by atoms with Crippen LogP contribution in [0.25, 0.3) is 0 Å². The van der Waals surface area contributed by atoms with Crippen LogP contribution >= 0.6 is 0 Å². The summed E-state index contributed by atoms with van der Waals surface area (Å²) in [7, 11) is 0. The molecule has 18 heavy (non-hydrogen) atoms. The van der Waals surface area contributed by atoms with Crippen molar-refractivity contribution in [2.75, 3.05) is 0 Å². The number of aromatic nitrogens is 1. The summed E-state index contributed by atoms with van der Waals surface area (Å²) in [5.41, 5.74) is 1.95. The lowest BCUT2D eigenvalue weighted by atomic mass is 9.59. The fourth-order valence-electron chi connectivity index (χ4n) is 4.04. The lowest BCUT2D eigenvalue weighted by Crippen LogP contribution is -2.51. The molecule has 3 rings (SSSR count). The van der Waals surface area contributed by atoms with E-state index in [4.69, 9.17) is 0 Å². The van der Waals surface area contributed by atoms with Gasteiger partial charge in [-0.1, -0.05) is 32.8 Å². The van der Waals surface area contributed by atoms with Gasteiger partial charge in [0.15, 0.2) is 0 Å². The Morgan fingerprint density at radius 3 is 2.83 bits per heavy atom. The van der Waals surface area contributed by atoms with Crippen LogP contribution in [-0.4, -0.2) is 15.7 Å². The van der Waals surface area contributed by atoms with Gasteiger partial charge in [-0.2, -0.15) is 0 Å². The number of rotatable bonds is 1. The van der Waals surface area contributed by atoms with Crippen LogP contribution in [0.4, 0.5) is 0 Å². The van der Waals surface area contributed by atoms with Crippen molar-refractivity contribution >= 4 is 0 Å². The minimum absolute atomic E-state index is 0.00898. The van der Waals surface area contributed by atoms with Crippen molar-refractivity contribution in [3.05, 3.63) is 29.6 Å².